The predicted molar refractivity (Wildman–Crippen MR) is 144 cm³/mol. The number of carbonyl (C=O) groups excluding carboxylic acids is 2. The van der Waals surface area contributed by atoms with Gasteiger partial charge in [0.25, 0.3) is 5.91 Å². The Morgan fingerprint density at radius 3 is 2.62 bits per heavy atom. The topological polar surface area (TPSA) is 156 Å². The van der Waals surface area contributed by atoms with Gasteiger partial charge in [-0.1, -0.05) is 38.1 Å². The number of hydrogen-bond acceptors (Lipinski definition) is 7. The Bertz CT molecular complexity index is 1450. The quantitative estimate of drug-likeness (QED) is 0.282. The molecule has 2 unspecified atom stereocenters. The Labute approximate surface area is 227 Å². The monoisotopic (exact) mass is 555 g/mol. The summed E-state index contributed by atoms with van der Waals surface area (Å²) in [7, 11) is -4.37. The molecule has 0 radical (unpaired) electrons. The number of hydrogen-bond donors (Lipinski definition) is 3. The van der Waals surface area contributed by atoms with Crippen molar-refractivity contribution in [2.45, 2.75) is 62.9 Å². The van der Waals surface area contributed by atoms with Crippen LogP contribution in [0.1, 0.15) is 50.0 Å². The molecule has 208 valence electrons. The molecule has 0 aliphatic carbocycles. The van der Waals surface area contributed by atoms with Crippen molar-refractivity contribution in [3.05, 3.63) is 71.7 Å². The van der Waals surface area contributed by atoms with E-state index in [0.29, 0.717) is 18.4 Å². The molecule has 0 bridgehead atoms. The number of sulfonamides is 1. The molecule has 1 fully saturated rings. The Balaban J connectivity index is 1.59. The zero-order chi connectivity index (χ0) is 28.2. The number of amides is 2. The van der Waals surface area contributed by atoms with Crippen LogP contribution in [0.15, 0.2) is 65.8 Å². The molecule has 39 heavy (non-hydrogen) atoms. The Hall–Kier alpha value is -3.61. The number of benzene rings is 1. The lowest BCUT2D eigenvalue weighted by Crippen LogP contribution is -2.60. The van der Waals surface area contributed by atoms with Crippen LogP contribution < -0.4 is 15.4 Å². The van der Waals surface area contributed by atoms with Gasteiger partial charge in [0.15, 0.2) is 6.20 Å². The van der Waals surface area contributed by atoms with Gasteiger partial charge in [0.2, 0.25) is 5.91 Å². The van der Waals surface area contributed by atoms with Crippen LogP contribution in [-0.4, -0.2) is 59.5 Å². The van der Waals surface area contributed by atoms with Gasteiger partial charge in [-0.25, -0.2) is 13.4 Å². The van der Waals surface area contributed by atoms with Gasteiger partial charge in [0, 0.05) is 24.1 Å². The first-order valence-electron chi connectivity index (χ1n) is 12.9. The standard InChI is InChI=1S/C27H33N5O6S/c1-18(2)17-22(29-26(34)21-14-13-19-9-3-4-10-20(19)28-21)27(35)30-25-23(33)11-5-8-16-32(25)39(37,38)24-12-6-7-15-31(24)36/h3-4,6-7,9-10,12-15,18,22-23,25,33H,5,8,11,16-17H2,1-2H3,(H,29,34)(H,30,35)/t22?,23-,25?/m0/s1. The van der Waals surface area contributed by atoms with Crippen molar-refractivity contribution in [2.75, 3.05) is 6.54 Å². The van der Waals surface area contributed by atoms with Crippen LogP contribution in [0.5, 0.6) is 0 Å². The van der Waals surface area contributed by atoms with Crippen molar-refractivity contribution in [1.29, 1.82) is 0 Å². The van der Waals surface area contributed by atoms with Gasteiger partial charge in [-0.05, 0) is 49.8 Å². The average molecular weight is 556 g/mol. The summed E-state index contributed by atoms with van der Waals surface area (Å²) >= 11 is 0. The Morgan fingerprint density at radius 2 is 1.87 bits per heavy atom. The highest BCUT2D eigenvalue weighted by Crippen LogP contribution is 2.23. The second-order valence-corrected chi connectivity index (χ2v) is 11.9. The van der Waals surface area contributed by atoms with Crippen molar-refractivity contribution < 1.29 is 27.8 Å². The van der Waals surface area contributed by atoms with E-state index < -0.39 is 45.2 Å². The van der Waals surface area contributed by atoms with E-state index in [-0.39, 0.29) is 35.7 Å². The fourth-order valence-electron chi connectivity index (χ4n) is 4.65. The lowest BCUT2D eigenvalue weighted by Gasteiger charge is -2.33. The summed E-state index contributed by atoms with van der Waals surface area (Å²) < 4.78 is 28.2. The normalized spacial score (nSPS) is 19.4. The highest BCUT2D eigenvalue weighted by Gasteiger charge is 2.42. The Kier molecular flexibility index (Phi) is 8.78. The Morgan fingerprint density at radius 1 is 1.13 bits per heavy atom. The number of rotatable bonds is 8. The summed E-state index contributed by atoms with van der Waals surface area (Å²) in [5, 5.41) is 28.9. The van der Waals surface area contributed by atoms with E-state index in [0.717, 1.165) is 15.9 Å². The molecule has 3 aromatic rings. The van der Waals surface area contributed by atoms with Crippen LogP contribution in [0.3, 0.4) is 0 Å². The average Bonchev–Trinajstić information content (AvgIpc) is 3.09. The molecule has 3 N–H and O–H groups in total. The van der Waals surface area contributed by atoms with Crippen molar-refractivity contribution in [3.8, 4) is 0 Å². The van der Waals surface area contributed by atoms with Gasteiger partial charge < -0.3 is 20.9 Å². The second kappa shape index (κ2) is 12.1. The molecule has 1 aliphatic heterocycles. The molecule has 12 heteroatoms. The largest absolute Gasteiger partial charge is 0.618 e. The molecule has 11 nitrogen and oxygen atoms in total. The van der Waals surface area contributed by atoms with E-state index >= 15 is 0 Å². The van der Waals surface area contributed by atoms with Gasteiger partial charge >= 0.3 is 15.0 Å². The minimum atomic E-state index is -4.37. The van der Waals surface area contributed by atoms with Crippen LogP contribution in [-0.2, 0) is 14.8 Å². The first kappa shape index (κ1) is 28.4. The maximum atomic E-state index is 13.5. The molecule has 0 spiro atoms. The molecule has 1 aromatic carbocycles. The molecule has 2 aromatic heterocycles. The third-order valence-electron chi connectivity index (χ3n) is 6.61. The number of fused-ring (bicyclic) bond motifs is 1. The van der Waals surface area contributed by atoms with Crippen LogP contribution in [0, 0.1) is 11.1 Å². The van der Waals surface area contributed by atoms with Gasteiger partial charge in [0.05, 0.1) is 11.6 Å². The number of nitrogens with one attached hydrogen (secondary N) is 2. The fourth-order valence-corrected chi connectivity index (χ4v) is 6.30. The van der Waals surface area contributed by atoms with Crippen LogP contribution in [0.25, 0.3) is 10.9 Å². The number of para-hydroxylation sites is 1. The maximum Gasteiger partial charge on any atom is 0.323 e. The molecular weight excluding hydrogens is 522 g/mol. The summed E-state index contributed by atoms with van der Waals surface area (Å²) in [4.78, 5) is 31.0. The highest BCUT2D eigenvalue weighted by molar-refractivity contribution is 7.89. The molecule has 3 heterocycles. The van der Waals surface area contributed by atoms with E-state index in [9.17, 15) is 28.3 Å². The number of aromatic nitrogens is 2. The van der Waals surface area contributed by atoms with Gasteiger partial charge in [-0.3, -0.25) is 9.59 Å². The molecule has 1 aliphatic rings. The summed E-state index contributed by atoms with van der Waals surface area (Å²) in [6, 6.07) is 13.7. The molecule has 3 atom stereocenters. The van der Waals surface area contributed by atoms with Gasteiger partial charge in [0.1, 0.15) is 17.9 Å². The highest BCUT2D eigenvalue weighted by atomic mass is 32.2. The SMILES string of the molecule is CC(C)CC(NC(=O)c1ccc2ccccc2n1)C(=O)NC1[C@@H](O)CCCCN1S(=O)(=O)c1cccc[n+]1[O-]. The van der Waals surface area contributed by atoms with Gasteiger partial charge in [-0.15, -0.1) is 0 Å². The zero-order valence-corrected chi connectivity index (χ0v) is 22.7. The third kappa shape index (κ3) is 6.52. The van der Waals surface area contributed by atoms with Crippen molar-refractivity contribution in [1.82, 2.24) is 19.9 Å². The van der Waals surface area contributed by atoms with E-state index in [1.54, 1.807) is 18.2 Å². The maximum absolute atomic E-state index is 13.5. The number of nitrogens with zero attached hydrogens (tertiary/aromatic N) is 3. The van der Waals surface area contributed by atoms with Crippen molar-refractivity contribution in [2.24, 2.45) is 5.92 Å². The summed E-state index contributed by atoms with van der Waals surface area (Å²) in [6.07, 6.45) is 0.0255. The zero-order valence-electron chi connectivity index (χ0n) is 21.9. The van der Waals surface area contributed by atoms with Crippen molar-refractivity contribution >= 4 is 32.7 Å². The summed E-state index contributed by atoms with van der Waals surface area (Å²) in [5.74, 6) is -1.19. The molecule has 0 saturated carbocycles. The molecule has 4 rings (SSSR count). The van der Waals surface area contributed by atoms with Crippen molar-refractivity contribution in [3.63, 3.8) is 0 Å². The molecular formula is C27H33N5O6S. The van der Waals surface area contributed by atoms with E-state index in [1.807, 2.05) is 32.0 Å². The number of aliphatic hydroxyl groups is 1. The van der Waals surface area contributed by atoms with Crippen LogP contribution in [0.4, 0.5) is 0 Å². The number of aliphatic hydroxyl groups excluding tert-OH is 1. The van der Waals surface area contributed by atoms with E-state index in [1.165, 1.54) is 18.2 Å². The number of carbonyl (C=O) groups is 2. The summed E-state index contributed by atoms with van der Waals surface area (Å²) in [5.41, 5.74) is 0.770. The van der Waals surface area contributed by atoms with Crippen LogP contribution in [0.2, 0.25) is 0 Å². The predicted octanol–water partition coefficient (Wildman–Crippen LogP) is 1.69. The first-order valence-corrected chi connectivity index (χ1v) is 14.4. The fraction of sp³-hybridized carbons (Fsp3) is 0.407. The molecule has 1 saturated heterocycles. The first-order chi connectivity index (χ1) is 18.6. The minimum Gasteiger partial charge on any atom is -0.618 e. The second-order valence-electron chi connectivity index (χ2n) is 10.0. The van der Waals surface area contributed by atoms with Gasteiger partial charge in [-0.2, -0.15) is 9.04 Å². The molecule has 2 amide bonds. The number of pyridine rings is 2. The minimum absolute atomic E-state index is 0.00144. The summed E-state index contributed by atoms with van der Waals surface area (Å²) in [6.45, 7) is 3.78. The lowest BCUT2D eigenvalue weighted by atomic mass is 10.0. The third-order valence-corrected chi connectivity index (χ3v) is 8.49. The van der Waals surface area contributed by atoms with E-state index in [2.05, 4.69) is 15.6 Å². The van der Waals surface area contributed by atoms with E-state index in [4.69, 9.17) is 0 Å². The smallest absolute Gasteiger partial charge is 0.323 e. The lowest BCUT2D eigenvalue weighted by molar-refractivity contribution is -0.646. The van der Waals surface area contributed by atoms with Crippen LogP contribution >= 0.6 is 0 Å².